The minimum Gasteiger partial charge on any atom is -0.481 e. The largest absolute Gasteiger partial charge is 2.00 e. The minimum atomic E-state index is 0. The van der Waals surface area contributed by atoms with Crippen molar-refractivity contribution in [3.8, 4) is 39.5 Å². The van der Waals surface area contributed by atoms with Crippen molar-refractivity contribution in [2.45, 2.75) is 0 Å². The van der Waals surface area contributed by atoms with Gasteiger partial charge in [0.2, 0.25) is 0 Å². The van der Waals surface area contributed by atoms with Gasteiger partial charge in [0.25, 0.3) is 0 Å². The van der Waals surface area contributed by atoms with Crippen LogP contribution in [0.3, 0.4) is 0 Å². The number of hydrogen-bond acceptors (Lipinski definition) is 3. The Labute approximate surface area is 251 Å². The van der Waals surface area contributed by atoms with E-state index in [0.717, 1.165) is 66.5 Å². The normalized spacial score (nSPS) is 11.2. The second-order valence-electron chi connectivity index (χ2n) is 9.72. The van der Waals surface area contributed by atoms with Crippen LogP contribution in [0.15, 0.2) is 132 Å². The van der Waals surface area contributed by atoms with Gasteiger partial charge in [-0.25, -0.2) is 0 Å². The Morgan fingerprint density at radius 3 is 2.37 bits per heavy atom. The Kier molecular flexibility index (Phi) is 6.34. The van der Waals surface area contributed by atoms with Crippen LogP contribution in [0, 0.1) is 12.1 Å². The van der Waals surface area contributed by atoms with Gasteiger partial charge >= 0.3 is 21.1 Å². The molecule has 0 fully saturated rings. The number of nitrogens with zero attached hydrogens (tertiary/aromatic N) is 3. The van der Waals surface area contributed by atoms with Gasteiger partial charge in [0.15, 0.2) is 0 Å². The number of hydrogen-bond donors (Lipinski definition) is 0. The molecule has 0 amide bonds. The van der Waals surface area contributed by atoms with Crippen LogP contribution in [0.1, 0.15) is 0 Å². The molecule has 0 saturated heterocycles. The molecule has 5 aromatic carbocycles. The maximum Gasteiger partial charge on any atom is 2.00 e. The number of pyridine rings is 1. The molecule has 4 nitrogen and oxygen atoms in total. The molecule has 3 heterocycles. The van der Waals surface area contributed by atoms with E-state index >= 15 is 0 Å². The van der Waals surface area contributed by atoms with E-state index in [2.05, 4.69) is 101 Å². The maximum atomic E-state index is 6.08. The van der Waals surface area contributed by atoms with Crippen molar-refractivity contribution >= 4 is 32.9 Å². The third-order valence-electron chi connectivity index (χ3n) is 7.27. The SMILES string of the molecule is [Pt+2].[c-]1c(-c2cc(-c3ccccc3)ccn2)cccc1-n1c2[c-]c(-c3nc4ccccc4o3)ccc2c2ccccc21. The van der Waals surface area contributed by atoms with E-state index in [1.165, 1.54) is 0 Å². The molecule has 196 valence electrons. The van der Waals surface area contributed by atoms with Crippen LogP contribution in [-0.2, 0) is 21.1 Å². The van der Waals surface area contributed by atoms with Crippen LogP contribution in [0.25, 0.3) is 72.4 Å². The number of para-hydroxylation sites is 3. The summed E-state index contributed by atoms with van der Waals surface area (Å²) in [6, 6.07) is 48.4. The van der Waals surface area contributed by atoms with Gasteiger partial charge in [-0.1, -0.05) is 77.7 Å². The molecule has 0 N–H and O–H groups in total. The molecular formula is C36H21N3OPt. The number of benzene rings is 5. The van der Waals surface area contributed by atoms with Crippen LogP contribution < -0.4 is 0 Å². The van der Waals surface area contributed by atoms with E-state index in [9.17, 15) is 0 Å². The second kappa shape index (κ2) is 10.3. The quantitative estimate of drug-likeness (QED) is 0.172. The Morgan fingerprint density at radius 2 is 1.46 bits per heavy atom. The van der Waals surface area contributed by atoms with Gasteiger partial charge in [0.05, 0.1) is 5.52 Å². The van der Waals surface area contributed by atoms with Crippen LogP contribution >= 0.6 is 0 Å². The van der Waals surface area contributed by atoms with Gasteiger partial charge in [-0.3, -0.25) is 4.98 Å². The van der Waals surface area contributed by atoms with E-state index in [1.807, 2.05) is 48.7 Å². The molecule has 0 radical (unpaired) electrons. The van der Waals surface area contributed by atoms with Gasteiger partial charge in [-0.05, 0) is 57.7 Å². The van der Waals surface area contributed by atoms with E-state index in [1.54, 1.807) is 0 Å². The fourth-order valence-corrected chi connectivity index (χ4v) is 5.38. The van der Waals surface area contributed by atoms with Crippen molar-refractivity contribution in [1.82, 2.24) is 14.5 Å². The molecule has 0 aliphatic carbocycles. The summed E-state index contributed by atoms with van der Waals surface area (Å²) in [4.78, 5) is 9.40. The Balaban J connectivity index is 0.00000276. The first kappa shape index (κ1) is 25.2. The van der Waals surface area contributed by atoms with Gasteiger partial charge in [0, 0.05) is 11.7 Å². The standard InChI is InChI=1S/C36H21N3O.Pt/c1-2-9-24(10-3-1)25-19-20-37-32(22-25)26-11-8-12-28(21-26)39-33-15-6-4-13-29(33)30-18-17-27(23-34(30)39)36-38-31-14-5-7-16-35(31)40-36;/h1-20,22H;/q-2;+2. The fourth-order valence-electron chi connectivity index (χ4n) is 5.38. The summed E-state index contributed by atoms with van der Waals surface area (Å²) in [5.41, 5.74) is 9.43. The number of aromatic nitrogens is 3. The first-order valence-corrected chi connectivity index (χ1v) is 13.2. The zero-order valence-electron chi connectivity index (χ0n) is 21.7. The summed E-state index contributed by atoms with van der Waals surface area (Å²) in [5, 5.41) is 2.26. The molecule has 41 heavy (non-hydrogen) atoms. The zero-order valence-corrected chi connectivity index (χ0v) is 24.0. The van der Waals surface area contributed by atoms with Crippen molar-refractivity contribution in [2.75, 3.05) is 0 Å². The molecule has 5 heteroatoms. The predicted octanol–water partition coefficient (Wildman–Crippen LogP) is 8.92. The Morgan fingerprint density at radius 1 is 0.634 bits per heavy atom. The maximum absolute atomic E-state index is 6.08. The zero-order chi connectivity index (χ0) is 26.5. The van der Waals surface area contributed by atoms with Crippen LogP contribution in [0.2, 0.25) is 0 Å². The molecule has 0 unspecified atom stereocenters. The van der Waals surface area contributed by atoms with E-state index < -0.39 is 0 Å². The van der Waals surface area contributed by atoms with Gasteiger partial charge in [-0.15, -0.1) is 48.0 Å². The molecule has 0 saturated carbocycles. The minimum absolute atomic E-state index is 0. The molecule has 3 aromatic heterocycles. The van der Waals surface area contributed by atoms with Crippen LogP contribution in [0.5, 0.6) is 0 Å². The van der Waals surface area contributed by atoms with Gasteiger partial charge < -0.3 is 14.0 Å². The predicted molar refractivity (Wildman–Crippen MR) is 160 cm³/mol. The topological polar surface area (TPSA) is 43.9 Å². The average Bonchev–Trinajstić information content (AvgIpc) is 3.61. The Bertz CT molecular complexity index is 2150. The summed E-state index contributed by atoms with van der Waals surface area (Å²) in [7, 11) is 0. The van der Waals surface area contributed by atoms with Crippen molar-refractivity contribution in [1.29, 1.82) is 0 Å². The first-order valence-electron chi connectivity index (χ1n) is 13.2. The molecular weight excluding hydrogens is 685 g/mol. The summed E-state index contributed by atoms with van der Waals surface area (Å²) < 4.78 is 8.29. The molecule has 0 spiro atoms. The molecule has 0 aliphatic rings. The third-order valence-corrected chi connectivity index (χ3v) is 7.27. The summed E-state index contributed by atoms with van der Waals surface area (Å²) >= 11 is 0. The van der Waals surface area contributed by atoms with Gasteiger partial charge in [0.1, 0.15) is 11.5 Å². The second-order valence-corrected chi connectivity index (χ2v) is 9.72. The summed E-state index contributed by atoms with van der Waals surface area (Å²) in [5.74, 6) is 0.555. The molecule has 0 bridgehead atoms. The summed E-state index contributed by atoms with van der Waals surface area (Å²) in [6.45, 7) is 0. The number of rotatable bonds is 4. The van der Waals surface area contributed by atoms with Crippen molar-refractivity contribution in [3.63, 3.8) is 0 Å². The molecule has 8 aromatic rings. The molecule has 8 rings (SSSR count). The molecule has 0 atom stereocenters. The smallest absolute Gasteiger partial charge is 0.481 e. The van der Waals surface area contributed by atoms with Crippen molar-refractivity contribution in [3.05, 3.63) is 140 Å². The number of oxazole rings is 1. The van der Waals surface area contributed by atoms with E-state index in [0.29, 0.717) is 5.89 Å². The fraction of sp³-hybridized carbons (Fsp3) is 0. The van der Waals surface area contributed by atoms with Crippen molar-refractivity contribution < 1.29 is 25.5 Å². The van der Waals surface area contributed by atoms with E-state index in [-0.39, 0.29) is 21.1 Å². The van der Waals surface area contributed by atoms with E-state index in [4.69, 9.17) is 9.40 Å². The summed E-state index contributed by atoms with van der Waals surface area (Å²) in [6.07, 6.45) is 1.86. The number of fused-ring (bicyclic) bond motifs is 4. The van der Waals surface area contributed by atoms with Gasteiger partial charge in [-0.2, -0.15) is 0 Å². The van der Waals surface area contributed by atoms with Crippen LogP contribution in [-0.4, -0.2) is 14.5 Å². The monoisotopic (exact) mass is 706 g/mol. The van der Waals surface area contributed by atoms with Crippen molar-refractivity contribution in [2.24, 2.45) is 0 Å². The van der Waals surface area contributed by atoms with Crippen LogP contribution in [0.4, 0.5) is 0 Å². The first-order chi connectivity index (χ1) is 19.8. The molecule has 0 aliphatic heterocycles. The third kappa shape index (κ3) is 4.37. The average molecular weight is 707 g/mol. The Hall–Kier alpha value is -4.79.